The molecule has 0 rings (SSSR count). The molecule has 0 aliphatic heterocycles. The minimum absolute atomic E-state index is 0.0105. The maximum Gasteiger partial charge on any atom is 0.223 e. The number of nitrogens with one attached hydrogen (secondary N) is 1. The van der Waals surface area contributed by atoms with Crippen LogP contribution in [0.1, 0.15) is 55.4 Å². The van der Waals surface area contributed by atoms with E-state index < -0.39 is 0 Å². The monoisotopic (exact) mass is 247 g/mol. The third-order valence-electron chi connectivity index (χ3n) is 1.82. The standard InChI is InChI=1S/C8H17NO2.C4H10.C2H6/c1-6(2)7(3)8(11)9-4-5-10;1-4(2)3;1-2/h6-7,10H,4-5H2,1-3H3,(H,9,11);4H,1-3H3;1-2H3. The third-order valence-corrected chi connectivity index (χ3v) is 1.82. The van der Waals surface area contributed by atoms with Crippen LogP contribution in [0, 0.1) is 17.8 Å². The molecule has 0 fully saturated rings. The van der Waals surface area contributed by atoms with Gasteiger partial charge in [0.2, 0.25) is 5.91 Å². The molecular formula is C14H33NO2. The minimum Gasteiger partial charge on any atom is -0.395 e. The summed E-state index contributed by atoms with van der Waals surface area (Å²) in [5.41, 5.74) is 0. The summed E-state index contributed by atoms with van der Waals surface area (Å²) in [6.07, 6.45) is 0. The number of hydrogen-bond donors (Lipinski definition) is 2. The van der Waals surface area contributed by atoms with Gasteiger partial charge in [-0.2, -0.15) is 0 Å². The summed E-state index contributed by atoms with van der Waals surface area (Å²) in [5, 5.41) is 11.0. The highest BCUT2D eigenvalue weighted by molar-refractivity contribution is 5.78. The lowest BCUT2D eigenvalue weighted by Crippen LogP contribution is -2.33. The van der Waals surface area contributed by atoms with Crippen molar-refractivity contribution in [2.45, 2.75) is 55.4 Å². The second-order valence-corrected chi connectivity index (χ2v) is 4.78. The topological polar surface area (TPSA) is 49.3 Å². The van der Waals surface area contributed by atoms with Crippen LogP contribution in [0.5, 0.6) is 0 Å². The largest absolute Gasteiger partial charge is 0.395 e. The molecule has 0 saturated heterocycles. The van der Waals surface area contributed by atoms with Crippen LogP contribution in [0.3, 0.4) is 0 Å². The van der Waals surface area contributed by atoms with Crippen LogP contribution in [0.2, 0.25) is 0 Å². The van der Waals surface area contributed by atoms with Crippen LogP contribution in [0.25, 0.3) is 0 Å². The lowest BCUT2D eigenvalue weighted by atomic mass is 9.97. The van der Waals surface area contributed by atoms with E-state index in [1.54, 1.807) is 0 Å². The lowest BCUT2D eigenvalue weighted by Gasteiger charge is -2.14. The Balaban J connectivity index is -0.000000275. The molecule has 0 aromatic heterocycles. The van der Waals surface area contributed by atoms with Crippen molar-refractivity contribution in [2.24, 2.45) is 17.8 Å². The summed E-state index contributed by atoms with van der Waals surface area (Å²) in [6.45, 7) is 16.8. The fourth-order valence-electron chi connectivity index (χ4n) is 0.643. The van der Waals surface area contributed by atoms with E-state index in [1.165, 1.54) is 0 Å². The molecule has 1 atom stereocenters. The van der Waals surface area contributed by atoms with Gasteiger partial charge < -0.3 is 10.4 Å². The minimum atomic E-state index is 0.0105. The molecule has 0 spiro atoms. The first-order chi connectivity index (χ1) is 7.82. The van der Waals surface area contributed by atoms with E-state index in [-0.39, 0.29) is 18.4 Å². The maximum absolute atomic E-state index is 11.1. The van der Waals surface area contributed by atoms with Gasteiger partial charge in [0.1, 0.15) is 0 Å². The summed E-state index contributed by atoms with van der Waals surface area (Å²) < 4.78 is 0. The van der Waals surface area contributed by atoms with Gasteiger partial charge in [-0.1, -0.05) is 55.4 Å². The first-order valence-electron chi connectivity index (χ1n) is 6.71. The van der Waals surface area contributed by atoms with Crippen LogP contribution in [-0.4, -0.2) is 24.2 Å². The summed E-state index contributed by atoms with van der Waals surface area (Å²) in [6, 6.07) is 0. The summed E-state index contributed by atoms with van der Waals surface area (Å²) in [5.74, 6) is 1.24. The number of aliphatic hydroxyl groups excluding tert-OH is 1. The molecule has 1 unspecified atom stereocenters. The molecule has 0 aliphatic rings. The zero-order valence-electron chi connectivity index (χ0n) is 13.0. The molecule has 3 heteroatoms. The fraction of sp³-hybridized carbons (Fsp3) is 0.929. The molecule has 0 heterocycles. The molecule has 1 amide bonds. The molecule has 106 valence electrons. The van der Waals surface area contributed by atoms with Crippen molar-refractivity contribution in [3.8, 4) is 0 Å². The number of carbonyl (C=O) groups is 1. The molecule has 17 heavy (non-hydrogen) atoms. The SMILES string of the molecule is CC.CC(C)C.CC(C)C(C)C(=O)NCCO. The van der Waals surface area contributed by atoms with Crippen molar-refractivity contribution < 1.29 is 9.90 Å². The molecule has 3 nitrogen and oxygen atoms in total. The molecule has 0 aromatic rings. The van der Waals surface area contributed by atoms with E-state index in [9.17, 15) is 4.79 Å². The average Bonchev–Trinajstić information content (AvgIpc) is 2.26. The first kappa shape index (κ1) is 21.7. The van der Waals surface area contributed by atoms with Gasteiger partial charge in [-0.05, 0) is 11.8 Å². The van der Waals surface area contributed by atoms with E-state index in [4.69, 9.17) is 5.11 Å². The number of amides is 1. The van der Waals surface area contributed by atoms with Gasteiger partial charge in [0.25, 0.3) is 0 Å². The van der Waals surface area contributed by atoms with Crippen molar-refractivity contribution in [2.75, 3.05) is 13.2 Å². The van der Waals surface area contributed by atoms with Gasteiger partial charge >= 0.3 is 0 Å². The average molecular weight is 247 g/mol. The van der Waals surface area contributed by atoms with Crippen LogP contribution in [0.4, 0.5) is 0 Å². The Bertz CT molecular complexity index is 154. The molecular weight excluding hydrogens is 214 g/mol. The Labute approximate surface area is 108 Å². The molecule has 0 saturated carbocycles. The predicted octanol–water partition coefficient (Wildman–Crippen LogP) is 3.08. The van der Waals surface area contributed by atoms with E-state index >= 15 is 0 Å². The maximum atomic E-state index is 11.1. The van der Waals surface area contributed by atoms with Crippen molar-refractivity contribution in [3.63, 3.8) is 0 Å². The van der Waals surface area contributed by atoms with Crippen molar-refractivity contribution in [1.29, 1.82) is 0 Å². The molecule has 0 bridgehead atoms. The van der Waals surface area contributed by atoms with Gasteiger partial charge in [-0.25, -0.2) is 0 Å². The Morgan fingerprint density at radius 1 is 1.06 bits per heavy atom. The van der Waals surface area contributed by atoms with E-state index in [1.807, 2.05) is 34.6 Å². The Morgan fingerprint density at radius 3 is 1.65 bits per heavy atom. The fourth-order valence-corrected chi connectivity index (χ4v) is 0.643. The number of rotatable bonds is 4. The normalized spacial score (nSPS) is 11.0. The van der Waals surface area contributed by atoms with E-state index in [0.29, 0.717) is 12.5 Å². The van der Waals surface area contributed by atoms with Gasteiger partial charge in [0.15, 0.2) is 0 Å². The predicted molar refractivity (Wildman–Crippen MR) is 76.0 cm³/mol. The Hall–Kier alpha value is -0.570. The Morgan fingerprint density at radius 2 is 1.41 bits per heavy atom. The second kappa shape index (κ2) is 15.4. The van der Waals surface area contributed by atoms with Crippen LogP contribution in [0.15, 0.2) is 0 Å². The molecule has 2 N–H and O–H groups in total. The number of aliphatic hydroxyl groups is 1. The van der Waals surface area contributed by atoms with E-state index in [0.717, 1.165) is 5.92 Å². The zero-order valence-corrected chi connectivity index (χ0v) is 13.0. The smallest absolute Gasteiger partial charge is 0.223 e. The number of hydrogen-bond acceptors (Lipinski definition) is 2. The van der Waals surface area contributed by atoms with Crippen molar-refractivity contribution >= 4 is 5.91 Å². The molecule has 0 aromatic carbocycles. The highest BCUT2D eigenvalue weighted by Crippen LogP contribution is 2.08. The summed E-state index contributed by atoms with van der Waals surface area (Å²) in [7, 11) is 0. The van der Waals surface area contributed by atoms with Crippen LogP contribution < -0.4 is 5.32 Å². The highest BCUT2D eigenvalue weighted by Gasteiger charge is 2.15. The van der Waals surface area contributed by atoms with Gasteiger partial charge in [-0.15, -0.1) is 0 Å². The zero-order chi connectivity index (χ0) is 14.4. The first-order valence-corrected chi connectivity index (χ1v) is 6.71. The molecule has 0 radical (unpaired) electrons. The molecule has 0 aliphatic carbocycles. The van der Waals surface area contributed by atoms with Crippen molar-refractivity contribution in [1.82, 2.24) is 5.32 Å². The van der Waals surface area contributed by atoms with E-state index in [2.05, 4.69) is 26.1 Å². The lowest BCUT2D eigenvalue weighted by molar-refractivity contribution is -0.125. The summed E-state index contributed by atoms with van der Waals surface area (Å²) >= 11 is 0. The van der Waals surface area contributed by atoms with Gasteiger partial charge in [0, 0.05) is 12.5 Å². The Kier molecular flexibility index (Phi) is 19.7. The van der Waals surface area contributed by atoms with Crippen LogP contribution in [-0.2, 0) is 4.79 Å². The quantitative estimate of drug-likeness (QED) is 0.802. The van der Waals surface area contributed by atoms with Crippen LogP contribution >= 0.6 is 0 Å². The second-order valence-electron chi connectivity index (χ2n) is 4.78. The van der Waals surface area contributed by atoms with Gasteiger partial charge in [0.05, 0.1) is 6.61 Å². The van der Waals surface area contributed by atoms with Gasteiger partial charge in [-0.3, -0.25) is 4.79 Å². The summed E-state index contributed by atoms with van der Waals surface area (Å²) in [4.78, 5) is 11.1. The third kappa shape index (κ3) is 21.3. The van der Waals surface area contributed by atoms with Crippen molar-refractivity contribution in [3.05, 3.63) is 0 Å². The number of carbonyl (C=O) groups excluding carboxylic acids is 1. The highest BCUT2D eigenvalue weighted by atomic mass is 16.3.